The van der Waals surface area contributed by atoms with Crippen LogP contribution in [0.2, 0.25) is 5.28 Å². The molecule has 2 heterocycles. The predicted molar refractivity (Wildman–Crippen MR) is 78.0 cm³/mol. The third-order valence-corrected chi connectivity index (χ3v) is 4.52. The molecule has 0 amide bonds. The lowest BCUT2D eigenvalue weighted by Crippen LogP contribution is -2.44. The van der Waals surface area contributed by atoms with E-state index >= 15 is 0 Å². The first kappa shape index (κ1) is 16.6. The Balaban J connectivity index is 2.38. The first-order chi connectivity index (χ1) is 9.90. The molecule has 1 aliphatic heterocycles. The lowest BCUT2D eigenvalue weighted by molar-refractivity contribution is 0.0985. The SMILES string of the molecule is CC(O)C(c1cc(N2CCOC[C@@H]2C)nc(Cl)n1)S(=O)[O-]. The van der Waals surface area contributed by atoms with Gasteiger partial charge in [-0.15, -0.1) is 0 Å². The van der Waals surface area contributed by atoms with E-state index in [0.717, 1.165) is 0 Å². The van der Waals surface area contributed by atoms with Gasteiger partial charge in [0.25, 0.3) is 0 Å². The summed E-state index contributed by atoms with van der Waals surface area (Å²) in [6.45, 7) is 5.13. The summed E-state index contributed by atoms with van der Waals surface area (Å²) < 4.78 is 28.0. The van der Waals surface area contributed by atoms with Gasteiger partial charge in [-0.25, -0.2) is 9.97 Å². The quantitative estimate of drug-likeness (QED) is 0.637. The van der Waals surface area contributed by atoms with Gasteiger partial charge in [0.2, 0.25) is 5.28 Å². The van der Waals surface area contributed by atoms with Crippen molar-refractivity contribution in [3.05, 3.63) is 17.0 Å². The number of ether oxygens (including phenoxy) is 1. The zero-order valence-electron chi connectivity index (χ0n) is 11.7. The second-order valence-corrected chi connectivity index (χ2v) is 6.33. The summed E-state index contributed by atoms with van der Waals surface area (Å²) in [7, 11) is 0. The van der Waals surface area contributed by atoms with Crippen molar-refractivity contribution in [3.8, 4) is 0 Å². The summed E-state index contributed by atoms with van der Waals surface area (Å²) >= 11 is 3.40. The molecule has 1 saturated heterocycles. The number of hydrogen-bond acceptors (Lipinski definition) is 7. The predicted octanol–water partition coefficient (Wildman–Crippen LogP) is 0.656. The van der Waals surface area contributed by atoms with E-state index in [9.17, 15) is 13.9 Å². The van der Waals surface area contributed by atoms with Gasteiger partial charge >= 0.3 is 0 Å². The van der Waals surface area contributed by atoms with Crippen LogP contribution in [0.1, 0.15) is 24.8 Å². The average molecular weight is 335 g/mol. The van der Waals surface area contributed by atoms with E-state index in [4.69, 9.17) is 16.3 Å². The molecule has 1 N–H and O–H groups in total. The normalized spacial score (nSPS) is 23.7. The molecule has 2 rings (SSSR count). The van der Waals surface area contributed by atoms with E-state index in [-0.39, 0.29) is 17.0 Å². The van der Waals surface area contributed by atoms with Crippen LogP contribution in [-0.2, 0) is 15.8 Å². The van der Waals surface area contributed by atoms with Crippen molar-refractivity contribution < 1.29 is 18.6 Å². The van der Waals surface area contributed by atoms with E-state index in [0.29, 0.717) is 25.6 Å². The van der Waals surface area contributed by atoms with Gasteiger partial charge in [-0.2, -0.15) is 0 Å². The number of aliphatic hydroxyl groups is 1. The molecule has 0 saturated carbocycles. The Kier molecular flexibility index (Phi) is 5.50. The molecule has 0 aliphatic carbocycles. The third-order valence-electron chi connectivity index (χ3n) is 3.30. The zero-order valence-corrected chi connectivity index (χ0v) is 13.3. The van der Waals surface area contributed by atoms with Gasteiger partial charge in [-0.3, -0.25) is 4.21 Å². The van der Waals surface area contributed by atoms with Crippen LogP contribution in [0.3, 0.4) is 0 Å². The second-order valence-electron chi connectivity index (χ2n) is 4.96. The van der Waals surface area contributed by atoms with Crippen LogP contribution in [0, 0.1) is 0 Å². The maximum absolute atomic E-state index is 11.3. The fourth-order valence-corrected chi connectivity index (χ4v) is 3.11. The molecule has 1 aliphatic rings. The topological polar surface area (TPSA) is 98.6 Å². The lowest BCUT2D eigenvalue weighted by atomic mass is 10.2. The van der Waals surface area contributed by atoms with Crippen molar-refractivity contribution in [2.75, 3.05) is 24.7 Å². The van der Waals surface area contributed by atoms with Gasteiger partial charge < -0.3 is 19.3 Å². The van der Waals surface area contributed by atoms with Crippen LogP contribution < -0.4 is 4.90 Å². The Hall–Kier alpha value is -0.800. The Morgan fingerprint density at radius 1 is 1.62 bits per heavy atom. The van der Waals surface area contributed by atoms with Crippen LogP contribution in [0.25, 0.3) is 0 Å². The summed E-state index contributed by atoms with van der Waals surface area (Å²) in [5.41, 5.74) is 0.187. The number of morpholine rings is 1. The van der Waals surface area contributed by atoms with Gasteiger partial charge in [0.1, 0.15) is 5.82 Å². The molecule has 4 atom stereocenters. The van der Waals surface area contributed by atoms with E-state index in [1.165, 1.54) is 6.92 Å². The molecule has 21 heavy (non-hydrogen) atoms. The minimum absolute atomic E-state index is 0.0442. The van der Waals surface area contributed by atoms with Gasteiger partial charge in [-0.1, -0.05) is 0 Å². The molecule has 0 aromatic carbocycles. The maximum atomic E-state index is 11.3. The highest BCUT2D eigenvalue weighted by Crippen LogP contribution is 2.27. The summed E-state index contributed by atoms with van der Waals surface area (Å²) in [6.07, 6.45) is -1.09. The van der Waals surface area contributed by atoms with Crippen molar-refractivity contribution in [2.24, 2.45) is 0 Å². The average Bonchev–Trinajstić information content (AvgIpc) is 2.37. The molecule has 0 radical (unpaired) electrons. The van der Waals surface area contributed by atoms with Gasteiger partial charge in [0, 0.05) is 12.6 Å². The number of nitrogens with zero attached hydrogens (tertiary/aromatic N) is 3. The second kappa shape index (κ2) is 6.97. The molecule has 9 heteroatoms. The minimum atomic E-state index is -2.51. The van der Waals surface area contributed by atoms with Crippen LogP contribution in [0.5, 0.6) is 0 Å². The minimum Gasteiger partial charge on any atom is -0.772 e. The van der Waals surface area contributed by atoms with Crippen LogP contribution in [-0.4, -0.2) is 55.7 Å². The molecule has 7 nitrogen and oxygen atoms in total. The van der Waals surface area contributed by atoms with Crippen molar-refractivity contribution in [1.29, 1.82) is 0 Å². The van der Waals surface area contributed by atoms with Crippen molar-refractivity contribution in [1.82, 2.24) is 9.97 Å². The van der Waals surface area contributed by atoms with E-state index in [2.05, 4.69) is 9.97 Å². The van der Waals surface area contributed by atoms with Crippen molar-refractivity contribution in [2.45, 2.75) is 31.2 Å². The summed E-state index contributed by atoms with van der Waals surface area (Å²) in [5.74, 6) is 0.539. The van der Waals surface area contributed by atoms with Gasteiger partial charge in [0.15, 0.2) is 0 Å². The number of anilines is 1. The lowest BCUT2D eigenvalue weighted by Gasteiger charge is -2.34. The molecule has 0 bridgehead atoms. The first-order valence-electron chi connectivity index (χ1n) is 6.55. The molecular formula is C12H17ClN3O4S-. The number of aliphatic hydroxyl groups excluding tert-OH is 1. The molecular weight excluding hydrogens is 318 g/mol. The van der Waals surface area contributed by atoms with Crippen molar-refractivity contribution >= 4 is 28.5 Å². The van der Waals surface area contributed by atoms with E-state index < -0.39 is 22.4 Å². The number of halogens is 1. The highest BCUT2D eigenvalue weighted by atomic mass is 35.5. The number of aromatic nitrogens is 2. The molecule has 1 aromatic rings. The monoisotopic (exact) mass is 334 g/mol. The summed E-state index contributed by atoms with van der Waals surface area (Å²) in [6, 6.07) is 1.65. The highest BCUT2D eigenvalue weighted by molar-refractivity contribution is 7.79. The van der Waals surface area contributed by atoms with Gasteiger partial charge in [0.05, 0.1) is 36.3 Å². The van der Waals surface area contributed by atoms with E-state index in [1.807, 2.05) is 11.8 Å². The Labute approximate surface area is 130 Å². The summed E-state index contributed by atoms with van der Waals surface area (Å²) in [4.78, 5) is 10.1. The number of rotatable bonds is 4. The molecule has 1 fully saturated rings. The molecule has 118 valence electrons. The fourth-order valence-electron chi connectivity index (χ4n) is 2.29. The summed E-state index contributed by atoms with van der Waals surface area (Å²) in [5, 5.41) is 8.47. The van der Waals surface area contributed by atoms with Gasteiger partial charge in [-0.05, 0) is 36.5 Å². The number of hydrogen-bond donors (Lipinski definition) is 1. The Bertz CT molecular complexity index is 531. The first-order valence-corrected chi connectivity index (χ1v) is 8.06. The van der Waals surface area contributed by atoms with Crippen LogP contribution >= 0.6 is 11.6 Å². The largest absolute Gasteiger partial charge is 0.772 e. The fraction of sp³-hybridized carbons (Fsp3) is 0.667. The Morgan fingerprint density at radius 2 is 2.33 bits per heavy atom. The molecule has 1 aromatic heterocycles. The highest BCUT2D eigenvalue weighted by Gasteiger charge is 2.25. The van der Waals surface area contributed by atoms with Crippen LogP contribution in [0.4, 0.5) is 5.82 Å². The van der Waals surface area contributed by atoms with E-state index in [1.54, 1.807) is 6.07 Å². The molecule has 0 spiro atoms. The standard InChI is InChI=1S/C12H18ClN3O4S/c1-7-6-20-4-3-16(7)10-5-9(14-12(13)15-10)11(8(2)17)21(18)19/h5,7-8,11,17H,3-4,6H2,1-2H3,(H,18,19)/p-1/t7-,8?,11?/m0/s1. The smallest absolute Gasteiger partial charge is 0.224 e. The maximum Gasteiger partial charge on any atom is 0.224 e. The third kappa shape index (κ3) is 3.89. The Morgan fingerprint density at radius 3 is 2.90 bits per heavy atom. The van der Waals surface area contributed by atoms with Crippen molar-refractivity contribution in [3.63, 3.8) is 0 Å². The zero-order chi connectivity index (χ0) is 15.6. The van der Waals surface area contributed by atoms with Crippen LogP contribution in [0.15, 0.2) is 6.07 Å². The molecule has 3 unspecified atom stereocenters.